The number of carbonyl (C=O) groups is 1. The maximum Gasteiger partial charge on any atom is 0.293 e. The summed E-state index contributed by atoms with van der Waals surface area (Å²) in [7, 11) is 0. The first-order valence-electron chi connectivity index (χ1n) is 6.03. The minimum Gasteiger partial charge on any atom is -0.326 e. The van der Waals surface area contributed by atoms with E-state index < -0.39 is 10.5 Å². The SMILES string of the molecule is Cc1ccc(NC(=O)CCC(C)(C)N)c([N+](=O)[O-])c1. The third-order valence-electron chi connectivity index (χ3n) is 2.62. The number of aryl methyl sites for hydroxylation is 1. The normalized spacial score (nSPS) is 11.2. The molecule has 0 radical (unpaired) electrons. The summed E-state index contributed by atoms with van der Waals surface area (Å²) >= 11 is 0. The zero-order valence-electron chi connectivity index (χ0n) is 11.4. The number of hydrogen-bond donors (Lipinski definition) is 2. The summed E-state index contributed by atoms with van der Waals surface area (Å²) in [5.74, 6) is -0.273. The van der Waals surface area contributed by atoms with Crippen molar-refractivity contribution in [2.75, 3.05) is 5.32 Å². The van der Waals surface area contributed by atoms with Gasteiger partial charge in [0.15, 0.2) is 0 Å². The quantitative estimate of drug-likeness (QED) is 0.630. The van der Waals surface area contributed by atoms with E-state index >= 15 is 0 Å². The summed E-state index contributed by atoms with van der Waals surface area (Å²) in [5.41, 5.74) is 6.25. The minimum absolute atomic E-state index is 0.0969. The molecule has 6 heteroatoms. The molecule has 1 aromatic carbocycles. The maximum absolute atomic E-state index is 11.7. The molecule has 1 amide bonds. The Kier molecular flexibility index (Phi) is 4.61. The Balaban J connectivity index is 2.77. The zero-order chi connectivity index (χ0) is 14.6. The number of nitrogens with one attached hydrogen (secondary N) is 1. The first kappa shape index (κ1) is 15.1. The van der Waals surface area contributed by atoms with Crippen molar-refractivity contribution in [3.8, 4) is 0 Å². The van der Waals surface area contributed by atoms with Crippen LogP contribution in [-0.2, 0) is 4.79 Å². The molecule has 0 aliphatic rings. The molecule has 1 rings (SSSR count). The second-order valence-corrected chi connectivity index (χ2v) is 5.31. The lowest BCUT2D eigenvalue weighted by molar-refractivity contribution is -0.384. The van der Waals surface area contributed by atoms with Gasteiger partial charge in [0.2, 0.25) is 5.91 Å². The molecule has 0 atom stereocenters. The molecule has 0 bridgehead atoms. The lowest BCUT2D eigenvalue weighted by atomic mass is 10.00. The van der Waals surface area contributed by atoms with Gasteiger partial charge in [0.1, 0.15) is 5.69 Å². The van der Waals surface area contributed by atoms with Crippen LogP contribution in [0.15, 0.2) is 18.2 Å². The molecule has 0 aliphatic carbocycles. The second-order valence-electron chi connectivity index (χ2n) is 5.31. The van der Waals surface area contributed by atoms with E-state index in [0.29, 0.717) is 6.42 Å². The lowest BCUT2D eigenvalue weighted by Crippen LogP contribution is -2.33. The number of anilines is 1. The van der Waals surface area contributed by atoms with Crippen LogP contribution in [0.2, 0.25) is 0 Å². The van der Waals surface area contributed by atoms with Gasteiger partial charge in [0.25, 0.3) is 5.69 Å². The molecule has 6 nitrogen and oxygen atoms in total. The largest absolute Gasteiger partial charge is 0.326 e. The lowest BCUT2D eigenvalue weighted by Gasteiger charge is -2.17. The Hall–Kier alpha value is -1.95. The summed E-state index contributed by atoms with van der Waals surface area (Å²) in [6.45, 7) is 5.42. The first-order chi connectivity index (χ1) is 8.69. The molecule has 0 spiro atoms. The van der Waals surface area contributed by atoms with E-state index in [1.54, 1.807) is 19.1 Å². The Bertz CT molecular complexity index is 492. The van der Waals surface area contributed by atoms with Crippen molar-refractivity contribution in [3.05, 3.63) is 33.9 Å². The van der Waals surface area contributed by atoms with Gasteiger partial charge >= 0.3 is 0 Å². The van der Waals surface area contributed by atoms with Gasteiger partial charge in [-0.2, -0.15) is 0 Å². The molecule has 0 heterocycles. The Morgan fingerprint density at radius 3 is 2.63 bits per heavy atom. The number of nitrogens with two attached hydrogens (primary N) is 1. The van der Waals surface area contributed by atoms with Gasteiger partial charge in [-0.3, -0.25) is 14.9 Å². The van der Waals surface area contributed by atoms with Crippen molar-refractivity contribution in [3.63, 3.8) is 0 Å². The predicted octanol–water partition coefficient (Wildman–Crippen LogP) is 2.36. The van der Waals surface area contributed by atoms with Crippen LogP contribution in [-0.4, -0.2) is 16.4 Å². The van der Waals surface area contributed by atoms with Crippen LogP contribution in [0.25, 0.3) is 0 Å². The fourth-order valence-corrected chi connectivity index (χ4v) is 1.55. The van der Waals surface area contributed by atoms with Gasteiger partial charge in [0, 0.05) is 18.0 Å². The molecule has 0 aromatic heterocycles. The Labute approximate surface area is 112 Å². The molecule has 19 heavy (non-hydrogen) atoms. The molecule has 0 saturated carbocycles. The van der Waals surface area contributed by atoms with E-state index in [2.05, 4.69) is 5.32 Å². The van der Waals surface area contributed by atoms with Gasteiger partial charge in [-0.15, -0.1) is 0 Å². The van der Waals surface area contributed by atoms with Crippen LogP contribution >= 0.6 is 0 Å². The van der Waals surface area contributed by atoms with Crippen LogP contribution in [0.1, 0.15) is 32.3 Å². The molecule has 0 fully saturated rings. The highest BCUT2D eigenvalue weighted by Gasteiger charge is 2.18. The molecular weight excluding hydrogens is 246 g/mol. The van der Waals surface area contributed by atoms with Crippen molar-refractivity contribution >= 4 is 17.3 Å². The maximum atomic E-state index is 11.7. The third-order valence-corrected chi connectivity index (χ3v) is 2.62. The summed E-state index contributed by atoms with van der Waals surface area (Å²) in [6, 6.07) is 4.69. The van der Waals surface area contributed by atoms with E-state index in [1.807, 2.05) is 13.8 Å². The van der Waals surface area contributed by atoms with E-state index in [1.165, 1.54) is 6.07 Å². The number of carbonyl (C=O) groups excluding carboxylic acids is 1. The Morgan fingerprint density at radius 2 is 2.11 bits per heavy atom. The number of amides is 1. The number of nitro benzene ring substituents is 1. The third kappa shape index (κ3) is 5.05. The summed E-state index contributed by atoms with van der Waals surface area (Å²) < 4.78 is 0. The molecule has 0 aliphatic heterocycles. The predicted molar refractivity (Wildman–Crippen MR) is 74.0 cm³/mol. The molecule has 1 aromatic rings. The monoisotopic (exact) mass is 265 g/mol. The Morgan fingerprint density at radius 1 is 1.47 bits per heavy atom. The zero-order valence-corrected chi connectivity index (χ0v) is 11.4. The summed E-state index contributed by atoms with van der Waals surface area (Å²) in [4.78, 5) is 22.1. The smallest absolute Gasteiger partial charge is 0.293 e. The average Bonchev–Trinajstić information content (AvgIpc) is 2.28. The fourth-order valence-electron chi connectivity index (χ4n) is 1.55. The van der Waals surface area contributed by atoms with Crippen LogP contribution in [0.4, 0.5) is 11.4 Å². The standard InChI is InChI=1S/C13H19N3O3/c1-9-4-5-10(11(8-9)16(18)19)15-12(17)6-7-13(2,3)14/h4-5,8H,6-7,14H2,1-3H3,(H,15,17). The van der Waals surface area contributed by atoms with Crippen LogP contribution in [0, 0.1) is 17.0 Å². The van der Waals surface area contributed by atoms with Crippen molar-refractivity contribution in [2.45, 2.75) is 39.2 Å². The average molecular weight is 265 g/mol. The van der Waals surface area contributed by atoms with Crippen molar-refractivity contribution < 1.29 is 9.72 Å². The number of rotatable bonds is 5. The van der Waals surface area contributed by atoms with E-state index in [9.17, 15) is 14.9 Å². The molecular formula is C13H19N3O3. The second kappa shape index (κ2) is 5.79. The van der Waals surface area contributed by atoms with Crippen LogP contribution < -0.4 is 11.1 Å². The number of hydrogen-bond acceptors (Lipinski definition) is 4. The topological polar surface area (TPSA) is 98.3 Å². The molecule has 104 valence electrons. The van der Waals surface area contributed by atoms with Gasteiger partial charge in [-0.25, -0.2) is 0 Å². The number of nitrogens with zero attached hydrogens (tertiary/aromatic N) is 1. The van der Waals surface area contributed by atoms with Crippen molar-refractivity contribution in [2.24, 2.45) is 5.73 Å². The highest BCUT2D eigenvalue weighted by Crippen LogP contribution is 2.25. The van der Waals surface area contributed by atoms with Gasteiger partial charge in [-0.05, 0) is 38.8 Å². The number of nitro groups is 1. The molecule has 3 N–H and O–H groups in total. The highest BCUT2D eigenvalue weighted by atomic mass is 16.6. The highest BCUT2D eigenvalue weighted by molar-refractivity contribution is 5.93. The number of benzene rings is 1. The van der Waals surface area contributed by atoms with Crippen LogP contribution in [0.3, 0.4) is 0 Å². The van der Waals surface area contributed by atoms with Gasteiger partial charge in [-0.1, -0.05) is 6.07 Å². The summed E-state index contributed by atoms with van der Waals surface area (Å²) in [5, 5.41) is 13.5. The van der Waals surface area contributed by atoms with Crippen LogP contribution in [0.5, 0.6) is 0 Å². The summed E-state index contributed by atoms with van der Waals surface area (Å²) in [6.07, 6.45) is 0.743. The molecule has 0 unspecified atom stereocenters. The van der Waals surface area contributed by atoms with Crippen molar-refractivity contribution in [1.29, 1.82) is 0 Å². The van der Waals surface area contributed by atoms with Gasteiger partial charge < -0.3 is 11.1 Å². The minimum atomic E-state index is -0.504. The van der Waals surface area contributed by atoms with Crippen molar-refractivity contribution in [1.82, 2.24) is 0 Å². The van der Waals surface area contributed by atoms with E-state index in [-0.39, 0.29) is 23.7 Å². The van der Waals surface area contributed by atoms with E-state index in [4.69, 9.17) is 5.73 Å². The van der Waals surface area contributed by atoms with E-state index in [0.717, 1.165) is 5.56 Å². The van der Waals surface area contributed by atoms with Gasteiger partial charge in [0.05, 0.1) is 4.92 Å². The fraction of sp³-hybridized carbons (Fsp3) is 0.462. The molecule has 0 saturated heterocycles. The first-order valence-corrected chi connectivity index (χ1v) is 6.03.